The third-order valence-electron chi connectivity index (χ3n) is 2.59. The second-order valence-corrected chi connectivity index (χ2v) is 4.09. The van der Waals surface area contributed by atoms with Crippen LogP contribution in [-0.4, -0.2) is 32.6 Å². The van der Waals surface area contributed by atoms with Crippen molar-refractivity contribution in [2.45, 2.75) is 18.4 Å². The number of ether oxygens (including phenoxy) is 1. The van der Waals surface area contributed by atoms with Gasteiger partial charge in [-0.25, -0.2) is 17.6 Å². The third kappa shape index (κ3) is 4.38. The van der Waals surface area contributed by atoms with Crippen LogP contribution in [0.15, 0.2) is 18.2 Å². The van der Waals surface area contributed by atoms with E-state index in [1.54, 1.807) is 0 Å². The normalized spacial score (nSPS) is 13.8. The molecule has 0 spiro atoms. The van der Waals surface area contributed by atoms with Gasteiger partial charge in [-0.2, -0.15) is 8.78 Å². The van der Waals surface area contributed by atoms with Gasteiger partial charge in [-0.3, -0.25) is 0 Å². The summed E-state index contributed by atoms with van der Waals surface area (Å²) in [4.78, 5) is 0. The SMILES string of the molecule is CNC(COCC(F)(F)C(F)F)c1ccc(F)c(F)c1. The van der Waals surface area contributed by atoms with Crippen molar-refractivity contribution < 1.29 is 31.1 Å². The van der Waals surface area contributed by atoms with E-state index in [0.29, 0.717) is 0 Å². The van der Waals surface area contributed by atoms with Gasteiger partial charge in [-0.1, -0.05) is 6.07 Å². The summed E-state index contributed by atoms with van der Waals surface area (Å²) in [6.45, 7) is -1.84. The zero-order chi connectivity index (χ0) is 15.3. The molecule has 0 saturated carbocycles. The van der Waals surface area contributed by atoms with Crippen LogP contribution < -0.4 is 5.32 Å². The molecule has 114 valence electrons. The van der Waals surface area contributed by atoms with Gasteiger partial charge in [0.2, 0.25) is 0 Å². The standard InChI is InChI=1S/C12H13F6NO/c1-19-10(5-20-6-12(17,18)11(15)16)7-2-3-8(13)9(14)4-7/h2-4,10-11,19H,5-6H2,1H3. The van der Waals surface area contributed by atoms with E-state index in [1.807, 2.05) is 0 Å². The van der Waals surface area contributed by atoms with Crippen LogP contribution >= 0.6 is 0 Å². The molecule has 1 rings (SSSR count). The minimum atomic E-state index is -4.24. The highest BCUT2D eigenvalue weighted by Crippen LogP contribution is 2.24. The molecule has 1 aromatic carbocycles. The summed E-state index contributed by atoms with van der Waals surface area (Å²) in [5.41, 5.74) is 0.256. The molecular weight excluding hydrogens is 288 g/mol. The lowest BCUT2D eigenvalue weighted by atomic mass is 10.1. The molecule has 0 aromatic heterocycles. The third-order valence-corrected chi connectivity index (χ3v) is 2.59. The van der Waals surface area contributed by atoms with Gasteiger partial charge in [0, 0.05) is 0 Å². The first-order valence-electron chi connectivity index (χ1n) is 5.64. The Kier molecular flexibility index (Phi) is 5.82. The summed E-state index contributed by atoms with van der Waals surface area (Å²) in [6, 6.07) is 2.28. The summed E-state index contributed by atoms with van der Waals surface area (Å²) in [7, 11) is 1.44. The highest BCUT2D eigenvalue weighted by Gasteiger charge is 2.41. The van der Waals surface area contributed by atoms with Crippen molar-refractivity contribution in [1.82, 2.24) is 5.32 Å². The predicted molar refractivity (Wildman–Crippen MR) is 59.9 cm³/mol. The molecule has 0 amide bonds. The Bertz CT molecular complexity index is 440. The monoisotopic (exact) mass is 301 g/mol. The molecule has 0 aliphatic heterocycles. The van der Waals surface area contributed by atoms with E-state index < -0.39 is 36.6 Å². The van der Waals surface area contributed by atoms with Crippen molar-refractivity contribution in [3.63, 3.8) is 0 Å². The molecule has 0 fully saturated rings. The Hall–Kier alpha value is -1.28. The van der Waals surface area contributed by atoms with Crippen molar-refractivity contribution in [3.8, 4) is 0 Å². The van der Waals surface area contributed by atoms with Gasteiger partial charge in [0.05, 0.1) is 12.6 Å². The Morgan fingerprint density at radius 2 is 1.85 bits per heavy atom. The topological polar surface area (TPSA) is 21.3 Å². The van der Waals surface area contributed by atoms with Gasteiger partial charge in [0.15, 0.2) is 11.6 Å². The van der Waals surface area contributed by atoms with Crippen molar-refractivity contribution in [2.75, 3.05) is 20.3 Å². The van der Waals surface area contributed by atoms with Crippen LogP contribution in [0.3, 0.4) is 0 Å². The number of rotatable bonds is 7. The van der Waals surface area contributed by atoms with E-state index in [4.69, 9.17) is 0 Å². The van der Waals surface area contributed by atoms with Gasteiger partial charge in [0.25, 0.3) is 0 Å². The van der Waals surface area contributed by atoms with Crippen LogP contribution in [0.2, 0.25) is 0 Å². The van der Waals surface area contributed by atoms with Crippen molar-refractivity contribution in [2.24, 2.45) is 0 Å². The summed E-state index contributed by atoms with van der Waals surface area (Å²) in [5, 5.41) is 2.63. The first-order valence-corrected chi connectivity index (χ1v) is 5.64. The largest absolute Gasteiger partial charge is 0.373 e. The maximum Gasteiger partial charge on any atom is 0.330 e. The predicted octanol–water partition coefficient (Wildman–Crippen LogP) is 3.14. The molecular formula is C12H13F6NO. The fourth-order valence-electron chi connectivity index (χ4n) is 1.45. The van der Waals surface area contributed by atoms with Gasteiger partial charge in [-0.05, 0) is 24.7 Å². The maximum absolute atomic E-state index is 13.0. The van der Waals surface area contributed by atoms with Crippen LogP contribution in [0.25, 0.3) is 0 Å². The molecule has 0 radical (unpaired) electrons. The summed E-state index contributed by atoms with van der Waals surface area (Å²) in [6.07, 6.45) is -3.82. The minimum absolute atomic E-state index is 0.256. The number of hydrogen-bond acceptors (Lipinski definition) is 2. The number of benzene rings is 1. The van der Waals surface area contributed by atoms with Gasteiger partial charge in [-0.15, -0.1) is 0 Å². The smallest absolute Gasteiger partial charge is 0.330 e. The van der Waals surface area contributed by atoms with Crippen LogP contribution in [0.4, 0.5) is 26.3 Å². The Morgan fingerprint density at radius 1 is 1.20 bits per heavy atom. The van der Waals surface area contributed by atoms with Crippen molar-refractivity contribution >= 4 is 0 Å². The summed E-state index contributed by atoms with van der Waals surface area (Å²) < 4.78 is 79.3. The molecule has 1 N–H and O–H groups in total. The molecule has 0 aliphatic rings. The van der Waals surface area contributed by atoms with E-state index in [1.165, 1.54) is 13.1 Å². The zero-order valence-corrected chi connectivity index (χ0v) is 10.5. The maximum atomic E-state index is 13.0. The lowest BCUT2D eigenvalue weighted by molar-refractivity contribution is -0.167. The highest BCUT2D eigenvalue weighted by molar-refractivity contribution is 5.21. The Labute approximate surface area is 111 Å². The zero-order valence-electron chi connectivity index (χ0n) is 10.5. The molecule has 1 unspecified atom stereocenters. The molecule has 20 heavy (non-hydrogen) atoms. The van der Waals surface area contributed by atoms with Gasteiger partial charge >= 0.3 is 12.3 Å². The molecule has 8 heteroatoms. The van der Waals surface area contributed by atoms with E-state index >= 15 is 0 Å². The number of likely N-dealkylation sites (N-methyl/N-ethyl adjacent to an activating group) is 1. The van der Waals surface area contributed by atoms with Crippen LogP contribution in [0.1, 0.15) is 11.6 Å². The highest BCUT2D eigenvalue weighted by atomic mass is 19.3. The fraction of sp³-hybridized carbons (Fsp3) is 0.500. The van der Waals surface area contributed by atoms with Crippen molar-refractivity contribution in [3.05, 3.63) is 35.4 Å². The lowest BCUT2D eigenvalue weighted by Crippen LogP contribution is -2.34. The Balaban J connectivity index is 2.62. The number of hydrogen-bond donors (Lipinski definition) is 1. The molecule has 0 aliphatic carbocycles. The molecule has 1 aromatic rings. The molecule has 0 bridgehead atoms. The number of halogens is 6. The van der Waals surface area contributed by atoms with E-state index in [-0.39, 0.29) is 12.2 Å². The summed E-state index contributed by atoms with van der Waals surface area (Å²) >= 11 is 0. The van der Waals surface area contributed by atoms with Gasteiger partial charge in [0.1, 0.15) is 6.61 Å². The first-order chi connectivity index (χ1) is 9.27. The Morgan fingerprint density at radius 3 is 2.35 bits per heavy atom. The second-order valence-electron chi connectivity index (χ2n) is 4.09. The van der Waals surface area contributed by atoms with E-state index in [2.05, 4.69) is 10.1 Å². The number of alkyl halides is 4. The van der Waals surface area contributed by atoms with Crippen molar-refractivity contribution in [1.29, 1.82) is 0 Å². The minimum Gasteiger partial charge on any atom is -0.373 e. The average molecular weight is 301 g/mol. The molecule has 1 atom stereocenters. The van der Waals surface area contributed by atoms with E-state index in [0.717, 1.165) is 12.1 Å². The molecule has 0 saturated heterocycles. The quantitative estimate of drug-likeness (QED) is 0.781. The van der Waals surface area contributed by atoms with Crippen LogP contribution in [0.5, 0.6) is 0 Å². The second kappa shape index (κ2) is 6.94. The molecule has 2 nitrogen and oxygen atoms in total. The van der Waals surface area contributed by atoms with Crippen LogP contribution in [-0.2, 0) is 4.74 Å². The average Bonchev–Trinajstić information content (AvgIpc) is 2.38. The first kappa shape index (κ1) is 16.8. The fourth-order valence-corrected chi connectivity index (χ4v) is 1.45. The van der Waals surface area contributed by atoms with Crippen LogP contribution in [0, 0.1) is 11.6 Å². The van der Waals surface area contributed by atoms with Gasteiger partial charge < -0.3 is 10.1 Å². The number of nitrogens with one attached hydrogen (secondary N) is 1. The summed E-state index contributed by atoms with van der Waals surface area (Å²) in [5.74, 6) is -6.39. The lowest BCUT2D eigenvalue weighted by Gasteiger charge is -2.20. The molecule has 0 heterocycles. The van der Waals surface area contributed by atoms with E-state index in [9.17, 15) is 26.3 Å².